The highest BCUT2D eigenvalue weighted by Crippen LogP contribution is 2.31. The number of anilines is 1. The molecule has 0 amide bonds. The lowest BCUT2D eigenvalue weighted by molar-refractivity contribution is 0.141. The Hall–Kier alpha value is -2.94. The van der Waals surface area contributed by atoms with Gasteiger partial charge in [-0.2, -0.15) is 0 Å². The third-order valence-corrected chi connectivity index (χ3v) is 4.94. The molecule has 158 valence electrons. The molecule has 0 spiro atoms. The Kier molecular flexibility index (Phi) is 5.72. The maximum absolute atomic E-state index is 14.6. The molecule has 4 rings (SSSR count). The van der Waals surface area contributed by atoms with E-state index in [1.165, 1.54) is 12.1 Å². The first kappa shape index (κ1) is 20.3. The fourth-order valence-corrected chi connectivity index (χ4v) is 3.43. The van der Waals surface area contributed by atoms with Crippen molar-refractivity contribution in [3.63, 3.8) is 0 Å². The van der Waals surface area contributed by atoms with Gasteiger partial charge in [-0.05, 0) is 19.9 Å². The maximum Gasteiger partial charge on any atom is 0.266 e. The molecule has 6 nitrogen and oxygen atoms in total. The van der Waals surface area contributed by atoms with Crippen LogP contribution in [0.15, 0.2) is 30.5 Å². The van der Waals surface area contributed by atoms with E-state index in [9.17, 15) is 13.2 Å². The number of pyridine rings is 1. The quantitative estimate of drug-likeness (QED) is 0.623. The summed E-state index contributed by atoms with van der Waals surface area (Å²) in [5.41, 5.74) is -0.0456. The molecule has 1 fully saturated rings. The molecular weight excluding hydrogens is 397 g/mol. The van der Waals surface area contributed by atoms with Gasteiger partial charge in [-0.1, -0.05) is 18.2 Å². The molecule has 1 N–H and O–H groups in total. The molecule has 9 heteroatoms. The van der Waals surface area contributed by atoms with Gasteiger partial charge >= 0.3 is 0 Å². The molecule has 3 heterocycles. The number of nitrogens with one attached hydrogen (secondary N) is 1. The predicted octanol–water partition coefficient (Wildman–Crippen LogP) is 4.75. The lowest BCUT2D eigenvalue weighted by atomic mass is 10.0. The van der Waals surface area contributed by atoms with Crippen molar-refractivity contribution in [2.45, 2.75) is 38.8 Å². The van der Waals surface area contributed by atoms with Gasteiger partial charge in [-0.25, -0.2) is 28.1 Å². The van der Waals surface area contributed by atoms with Crippen LogP contribution in [0.1, 0.15) is 42.8 Å². The van der Waals surface area contributed by atoms with Gasteiger partial charge in [0.05, 0.1) is 36.4 Å². The van der Waals surface area contributed by atoms with E-state index in [0.717, 1.165) is 12.5 Å². The molecule has 0 radical (unpaired) electrons. The van der Waals surface area contributed by atoms with Gasteiger partial charge in [0.25, 0.3) is 6.43 Å². The smallest absolute Gasteiger partial charge is 0.266 e. The molecule has 30 heavy (non-hydrogen) atoms. The first-order chi connectivity index (χ1) is 14.4. The van der Waals surface area contributed by atoms with Crippen LogP contribution in [0.4, 0.5) is 19.0 Å². The lowest BCUT2D eigenvalue weighted by Gasteiger charge is -2.19. The standard InChI is InChI=1S/C21H21F3N4O2/c1-11(15-4-3-5-16(18(15)22)19(23)24)26-21-17-8-14(30-13-6-7-29-10-13)9-25-20(17)27-12(2)28-21/h3-5,8-9,11,13,19H,6-7,10H2,1-2H3,(H,25,26,27,28)/t11-,13+/m1/s1. The van der Waals surface area contributed by atoms with Crippen LogP contribution < -0.4 is 10.1 Å². The number of fused-ring (bicyclic) bond motifs is 1. The number of rotatable bonds is 6. The van der Waals surface area contributed by atoms with E-state index in [0.29, 0.717) is 41.6 Å². The van der Waals surface area contributed by atoms with E-state index >= 15 is 0 Å². The summed E-state index contributed by atoms with van der Waals surface area (Å²) in [4.78, 5) is 13.1. The van der Waals surface area contributed by atoms with Crippen LogP contribution in [-0.2, 0) is 4.74 Å². The fourth-order valence-electron chi connectivity index (χ4n) is 3.43. The zero-order valence-electron chi connectivity index (χ0n) is 16.5. The van der Waals surface area contributed by atoms with Crippen molar-refractivity contribution in [2.24, 2.45) is 0 Å². The second-order valence-electron chi connectivity index (χ2n) is 7.18. The topological polar surface area (TPSA) is 69.2 Å². The zero-order chi connectivity index (χ0) is 21.3. The number of aryl methyl sites for hydroxylation is 1. The minimum absolute atomic E-state index is 0.0443. The summed E-state index contributed by atoms with van der Waals surface area (Å²) < 4.78 is 51.9. The highest BCUT2D eigenvalue weighted by Gasteiger charge is 2.21. The van der Waals surface area contributed by atoms with Crippen molar-refractivity contribution < 1.29 is 22.6 Å². The minimum atomic E-state index is -2.89. The van der Waals surface area contributed by atoms with Crippen molar-refractivity contribution >= 4 is 16.9 Å². The Labute approximate surface area is 171 Å². The average molecular weight is 418 g/mol. The molecule has 1 saturated heterocycles. The maximum atomic E-state index is 14.6. The fraction of sp³-hybridized carbons (Fsp3) is 0.381. The number of ether oxygens (including phenoxy) is 2. The number of aromatic nitrogens is 3. The van der Waals surface area contributed by atoms with Crippen molar-refractivity contribution in [3.8, 4) is 5.75 Å². The first-order valence-corrected chi connectivity index (χ1v) is 9.64. The van der Waals surface area contributed by atoms with Crippen LogP contribution in [0.25, 0.3) is 11.0 Å². The van der Waals surface area contributed by atoms with Crippen molar-refractivity contribution in [3.05, 3.63) is 53.2 Å². The molecule has 2 aromatic heterocycles. The predicted molar refractivity (Wildman–Crippen MR) is 105 cm³/mol. The Balaban J connectivity index is 1.66. The number of halogens is 3. The van der Waals surface area contributed by atoms with E-state index in [1.807, 2.05) is 0 Å². The second kappa shape index (κ2) is 8.43. The van der Waals surface area contributed by atoms with Crippen molar-refractivity contribution in [1.29, 1.82) is 0 Å². The molecule has 2 atom stereocenters. The SMILES string of the molecule is Cc1nc(N[C@H](C)c2cccc(C(F)F)c2F)c2cc(O[C@H]3CCOC3)cnc2n1. The molecule has 1 aliphatic rings. The molecule has 0 bridgehead atoms. The molecule has 3 aromatic rings. The van der Waals surface area contributed by atoms with Gasteiger partial charge in [0.2, 0.25) is 0 Å². The van der Waals surface area contributed by atoms with Crippen LogP contribution in [0, 0.1) is 12.7 Å². The van der Waals surface area contributed by atoms with Gasteiger partial charge in [-0.15, -0.1) is 0 Å². The Bertz CT molecular complexity index is 1060. The summed E-state index contributed by atoms with van der Waals surface area (Å²) in [5, 5.41) is 3.71. The van der Waals surface area contributed by atoms with Crippen LogP contribution in [0.2, 0.25) is 0 Å². The summed E-state index contributed by atoms with van der Waals surface area (Å²) in [5.74, 6) is 0.523. The minimum Gasteiger partial charge on any atom is -0.486 e. The van der Waals surface area contributed by atoms with Gasteiger partial charge in [0, 0.05) is 12.0 Å². The molecule has 0 aliphatic carbocycles. The molecule has 0 unspecified atom stereocenters. The summed E-state index contributed by atoms with van der Waals surface area (Å²) in [7, 11) is 0. The van der Waals surface area contributed by atoms with Gasteiger partial charge in [0.1, 0.15) is 29.3 Å². The van der Waals surface area contributed by atoms with E-state index in [1.54, 1.807) is 26.1 Å². The molecule has 0 saturated carbocycles. The number of alkyl halides is 2. The largest absolute Gasteiger partial charge is 0.486 e. The average Bonchev–Trinajstić information content (AvgIpc) is 3.21. The molecule has 1 aromatic carbocycles. The zero-order valence-corrected chi connectivity index (χ0v) is 16.5. The summed E-state index contributed by atoms with van der Waals surface area (Å²) in [6.45, 7) is 4.57. The van der Waals surface area contributed by atoms with E-state index in [-0.39, 0.29) is 11.7 Å². The Morgan fingerprint density at radius 2 is 2.03 bits per heavy atom. The summed E-state index contributed by atoms with van der Waals surface area (Å²) in [6, 6.07) is 5.12. The van der Waals surface area contributed by atoms with Crippen molar-refractivity contribution in [1.82, 2.24) is 15.0 Å². The third kappa shape index (κ3) is 4.16. The third-order valence-electron chi connectivity index (χ3n) is 4.94. The Morgan fingerprint density at radius 3 is 2.77 bits per heavy atom. The normalized spacial score (nSPS) is 17.5. The monoisotopic (exact) mass is 418 g/mol. The summed E-state index contributed by atoms with van der Waals surface area (Å²) >= 11 is 0. The number of nitrogens with zero attached hydrogens (tertiary/aromatic N) is 3. The van der Waals surface area contributed by atoms with Crippen LogP contribution in [-0.4, -0.2) is 34.3 Å². The Morgan fingerprint density at radius 1 is 1.23 bits per heavy atom. The van der Waals surface area contributed by atoms with Gasteiger partial charge in [0.15, 0.2) is 5.65 Å². The summed E-state index contributed by atoms with van der Waals surface area (Å²) in [6.07, 6.45) is -0.545. The van der Waals surface area contributed by atoms with E-state index in [4.69, 9.17) is 9.47 Å². The van der Waals surface area contributed by atoms with Gasteiger partial charge < -0.3 is 14.8 Å². The highest BCUT2D eigenvalue weighted by atomic mass is 19.3. The van der Waals surface area contributed by atoms with E-state index < -0.39 is 23.8 Å². The van der Waals surface area contributed by atoms with Gasteiger partial charge in [-0.3, -0.25) is 0 Å². The molecule has 1 aliphatic heterocycles. The van der Waals surface area contributed by atoms with Crippen LogP contribution in [0.5, 0.6) is 5.75 Å². The van der Waals surface area contributed by atoms with Crippen molar-refractivity contribution in [2.75, 3.05) is 18.5 Å². The van der Waals surface area contributed by atoms with Crippen LogP contribution >= 0.6 is 0 Å². The number of benzene rings is 1. The highest BCUT2D eigenvalue weighted by molar-refractivity contribution is 5.87. The van der Waals surface area contributed by atoms with Crippen LogP contribution in [0.3, 0.4) is 0 Å². The number of hydrogen-bond donors (Lipinski definition) is 1. The lowest BCUT2D eigenvalue weighted by Crippen LogP contribution is -2.16. The molecular formula is C21H21F3N4O2. The van der Waals surface area contributed by atoms with E-state index in [2.05, 4.69) is 20.3 Å². The first-order valence-electron chi connectivity index (χ1n) is 9.64. The number of hydrogen-bond acceptors (Lipinski definition) is 6. The second-order valence-corrected chi connectivity index (χ2v) is 7.18.